The van der Waals surface area contributed by atoms with Gasteiger partial charge in [0.2, 0.25) is 0 Å². The van der Waals surface area contributed by atoms with Crippen molar-refractivity contribution in [3.63, 3.8) is 0 Å². The first-order valence-corrected chi connectivity index (χ1v) is 9.29. The molecule has 0 amide bonds. The third kappa shape index (κ3) is 1.86. The smallest absolute Gasteiger partial charge is 0.0607 e. The average Bonchev–Trinajstić information content (AvgIpc) is 2.87. The molecule has 2 heteroatoms. The van der Waals surface area contributed by atoms with Crippen LogP contribution in [0, 0.1) is 34.5 Å². The lowest BCUT2D eigenvalue weighted by Gasteiger charge is -2.59. The Hall–Kier alpha value is -0.530. The van der Waals surface area contributed by atoms with Crippen molar-refractivity contribution in [2.75, 3.05) is 0 Å². The summed E-state index contributed by atoms with van der Waals surface area (Å²) in [6, 6.07) is 0. The van der Waals surface area contributed by atoms with E-state index in [1.165, 1.54) is 57.8 Å². The van der Waals surface area contributed by atoms with Crippen LogP contribution in [0.5, 0.6) is 0 Å². The molecule has 4 fully saturated rings. The summed E-state index contributed by atoms with van der Waals surface area (Å²) in [5.74, 6) is 3.42. The molecule has 1 N–H and O–H groups in total. The van der Waals surface area contributed by atoms with Crippen molar-refractivity contribution in [2.45, 2.75) is 78.1 Å². The molecule has 4 aliphatic carbocycles. The molecule has 4 rings (SSSR count). The maximum atomic E-state index is 9.42. The Labute approximate surface area is 129 Å². The van der Waals surface area contributed by atoms with E-state index in [0.717, 1.165) is 29.9 Å². The molecule has 118 valence electrons. The van der Waals surface area contributed by atoms with Gasteiger partial charge in [0, 0.05) is 5.92 Å². The van der Waals surface area contributed by atoms with Crippen molar-refractivity contribution < 1.29 is 5.21 Å². The van der Waals surface area contributed by atoms with Crippen molar-refractivity contribution in [3.05, 3.63) is 0 Å². The van der Waals surface area contributed by atoms with Gasteiger partial charge in [-0.05, 0) is 86.4 Å². The number of rotatable bonds is 0. The summed E-state index contributed by atoms with van der Waals surface area (Å²) in [4.78, 5) is 0. The molecular formula is C19H31NO. The van der Waals surface area contributed by atoms with Gasteiger partial charge in [0.15, 0.2) is 0 Å². The predicted molar refractivity (Wildman–Crippen MR) is 85.6 cm³/mol. The standard InChI is InChI=1S/C19H31NO/c1-18-10-3-5-14(18)13-7-8-16-17(20-21)6-4-11-19(16,2)15(13)9-12-18/h13-16,21H,3-12H2,1-2H3/b20-17-/t13-,14-,15-,16-,18-,19+/m0/s1. The summed E-state index contributed by atoms with van der Waals surface area (Å²) in [7, 11) is 0. The van der Waals surface area contributed by atoms with Crippen LogP contribution < -0.4 is 0 Å². The van der Waals surface area contributed by atoms with Gasteiger partial charge >= 0.3 is 0 Å². The SMILES string of the molecule is C[C@@]12CCC[C@H]1[C@@H]1CC[C@H]3/C(=N\O)CCC[C@]3(C)[C@H]1CC2. The fourth-order valence-corrected chi connectivity index (χ4v) is 7.30. The van der Waals surface area contributed by atoms with Crippen LogP contribution in [0.1, 0.15) is 78.1 Å². The maximum Gasteiger partial charge on any atom is 0.0607 e. The molecule has 0 radical (unpaired) electrons. The summed E-state index contributed by atoms with van der Waals surface area (Å²) in [5.41, 5.74) is 2.21. The molecule has 2 nitrogen and oxygen atoms in total. The normalized spacial score (nSPS) is 54.9. The molecule has 6 atom stereocenters. The molecule has 0 aromatic rings. The minimum atomic E-state index is 0.423. The monoisotopic (exact) mass is 289 g/mol. The first-order valence-electron chi connectivity index (χ1n) is 9.29. The van der Waals surface area contributed by atoms with Crippen LogP contribution in [0.4, 0.5) is 0 Å². The van der Waals surface area contributed by atoms with Gasteiger partial charge in [-0.15, -0.1) is 0 Å². The molecule has 0 unspecified atom stereocenters. The van der Waals surface area contributed by atoms with Crippen LogP contribution in [-0.2, 0) is 0 Å². The fraction of sp³-hybridized carbons (Fsp3) is 0.947. The Morgan fingerprint density at radius 2 is 1.81 bits per heavy atom. The molecular weight excluding hydrogens is 258 g/mol. The Kier molecular flexibility index (Phi) is 3.17. The zero-order valence-corrected chi connectivity index (χ0v) is 13.8. The number of nitrogens with zero attached hydrogens (tertiary/aromatic N) is 1. The molecule has 0 bridgehead atoms. The van der Waals surface area contributed by atoms with E-state index in [0.29, 0.717) is 16.7 Å². The third-order valence-electron chi connectivity index (χ3n) is 8.33. The number of hydrogen-bond acceptors (Lipinski definition) is 2. The number of oxime groups is 1. The molecule has 0 spiro atoms. The molecule has 0 heterocycles. The molecule has 0 saturated heterocycles. The Balaban J connectivity index is 1.67. The number of fused-ring (bicyclic) bond motifs is 5. The molecule has 0 aliphatic heterocycles. The Bertz CT molecular complexity index is 458. The maximum absolute atomic E-state index is 9.42. The van der Waals surface area contributed by atoms with Crippen molar-refractivity contribution >= 4 is 5.71 Å². The van der Waals surface area contributed by atoms with Gasteiger partial charge in [0.1, 0.15) is 0 Å². The van der Waals surface area contributed by atoms with Gasteiger partial charge in [0.25, 0.3) is 0 Å². The van der Waals surface area contributed by atoms with Gasteiger partial charge < -0.3 is 5.21 Å². The summed E-state index contributed by atoms with van der Waals surface area (Å²) in [6.45, 7) is 5.12. The van der Waals surface area contributed by atoms with E-state index in [2.05, 4.69) is 19.0 Å². The van der Waals surface area contributed by atoms with E-state index < -0.39 is 0 Å². The first kappa shape index (κ1) is 14.1. The van der Waals surface area contributed by atoms with Gasteiger partial charge in [-0.25, -0.2) is 0 Å². The summed E-state index contributed by atoms with van der Waals surface area (Å²) in [5, 5.41) is 13.1. The van der Waals surface area contributed by atoms with Gasteiger partial charge in [-0.1, -0.05) is 25.4 Å². The summed E-state index contributed by atoms with van der Waals surface area (Å²) < 4.78 is 0. The lowest BCUT2D eigenvalue weighted by atomic mass is 9.45. The lowest BCUT2D eigenvalue weighted by molar-refractivity contribution is -0.0795. The van der Waals surface area contributed by atoms with Crippen LogP contribution in [0.3, 0.4) is 0 Å². The zero-order chi connectivity index (χ0) is 14.7. The van der Waals surface area contributed by atoms with Crippen molar-refractivity contribution in [1.29, 1.82) is 0 Å². The van der Waals surface area contributed by atoms with E-state index in [1.807, 2.05) is 0 Å². The highest BCUT2D eigenvalue weighted by atomic mass is 16.4. The quantitative estimate of drug-likeness (QED) is 0.479. The number of hydrogen-bond donors (Lipinski definition) is 1. The van der Waals surface area contributed by atoms with Gasteiger partial charge in [-0.3, -0.25) is 0 Å². The highest BCUT2D eigenvalue weighted by Crippen LogP contribution is 2.65. The van der Waals surface area contributed by atoms with E-state index in [-0.39, 0.29) is 0 Å². The molecule has 4 saturated carbocycles. The molecule has 21 heavy (non-hydrogen) atoms. The second kappa shape index (κ2) is 4.73. The summed E-state index contributed by atoms with van der Waals surface area (Å²) in [6.07, 6.45) is 13.6. The van der Waals surface area contributed by atoms with Crippen LogP contribution >= 0.6 is 0 Å². The average molecular weight is 289 g/mol. The van der Waals surface area contributed by atoms with Crippen LogP contribution in [-0.4, -0.2) is 10.9 Å². The molecule has 0 aromatic carbocycles. The van der Waals surface area contributed by atoms with Crippen LogP contribution in [0.15, 0.2) is 5.16 Å². The predicted octanol–water partition coefficient (Wildman–Crippen LogP) is 5.25. The lowest BCUT2D eigenvalue weighted by Crippen LogP contribution is -2.54. The minimum absolute atomic E-state index is 0.423. The van der Waals surface area contributed by atoms with Gasteiger partial charge in [-0.2, -0.15) is 0 Å². The Morgan fingerprint density at radius 3 is 2.62 bits per heavy atom. The Morgan fingerprint density at radius 1 is 0.952 bits per heavy atom. The molecule has 0 aromatic heterocycles. The minimum Gasteiger partial charge on any atom is -0.411 e. The van der Waals surface area contributed by atoms with Gasteiger partial charge in [0.05, 0.1) is 5.71 Å². The third-order valence-corrected chi connectivity index (χ3v) is 8.33. The second-order valence-corrected chi connectivity index (χ2v) is 9.04. The van der Waals surface area contributed by atoms with E-state index >= 15 is 0 Å². The van der Waals surface area contributed by atoms with E-state index in [9.17, 15) is 5.21 Å². The molecule has 4 aliphatic rings. The largest absolute Gasteiger partial charge is 0.411 e. The van der Waals surface area contributed by atoms with Crippen LogP contribution in [0.25, 0.3) is 0 Å². The fourth-order valence-electron chi connectivity index (χ4n) is 7.30. The first-order chi connectivity index (χ1) is 10.1. The van der Waals surface area contributed by atoms with E-state index in [4.69, 9.17) is 0 Å². The van der Waals surface area contributed by atoms with Crippen LogP contribution in [0.2, 0.25) is 0 Å². The summed E-state index contributed by atoms with van der Waals surface area (Å²) >= 11 is 0. The topological polar surface area (TPSA) is 32.6 Å². The van der Waals surface area contributed by atoms with Crippen molar-refractivity contribution in [3.8, 4) is 0 Å². The zero-order valence-electron chi connectivity index (χ0n) is 13.8. The van der Waals surface area contributed by atoms with E-state index in [1.54, 1.807) is 0 Å². The van der Waals surface area contributed by atoms with Crippen molar-refractivity contribution in [1.82, 2.24) is 0 Å². The highest BCUT2D eigenvalue weighted by Gasteiger charge is 2.58. The highest BCUT2D eigenvalue weighted by molar-refractivity contribution is 5.87. The second-order valence-electron chi connectivity index (χ2n) is 9.04. The van der Waals surface area contributed by atoms with Crippen molar-refractivity contribution in [2.24, 2.45) is 39.7 Å².